The second-order valence-electron chi connectivity index (χ2n) is 5.26. The van der Waals surface area contributed by atoms with E-state index in [-0.39, 0.29) is 4.90 Å². The molecular formula is C15H19N5O2S2. The highest BCUT2D eigenvalue weighted by atomic mass is 32.2. The summed E-state index contributed by atoms with van der Waals surface area (Å²) in [6.45, 7) is 2.33. The van der Waals surface area contributed by atoms with Crippen LogP contribution in [0.5, 0.6) is 0 Å². The van der Waals surface area contributed by atoms with Gasteiger partial charge >= 0.3 is 0 Å². The molecule has 0 fully saturated rings. The molecule has 0 atom stereocenters. The predicted molar refractivity (Wildman–Crippen MR) is 97.1 cm³/mol. The molecule has 0 aliphatic rings. The molecule has 0 unspecified atom stereocenters. The average Bonchev–Trinajstić information content (AvgIpc) is 2.53. The van der Waals surface area contributed by atoms with Gasteiger partial charge < -0.3 is 10.6 Å². The Balaban J connectivity index is 1.94. The third kappa shape index (κ3) is 4.70. The summed E-state index contributed by atoms with van der Waals surface area (Å²) in [7, 11) is -0.407. The van der Waals surface area contributed by atoms with Gasteiger partial charge in [-0.05, 0) is 42.9 Å². The van der Waals surface area contributed by atoms with Crippen molar-refractivity contribution >= 4 is 33.3 Å². The zero-order valence-corrected chi connectivity index (χ0v) is 15.3. The van der Waals surface area contributed by atoms with Gasteiger partial charge in [0.25, 0.3) is 0 Å². The molecule has 24 heavy (non-hydrogen) atoms. The minimum Gasteiger partial charge on any atom is -0.358 e. The average molecular weight is 365 g/mol. The van der Waals surface area contributed by atoms with Gasteiger partial charge in [-0.15, -0.1) is 0 Å². The van der Waals surface area contributed by atoms with Crippen molar-refractivity contribution in [3.63, 3.8) is 0 Å². The Hall–Kier alpha value is -2.10. The van der Waals surface area contributed by atoms with E-state index in [9.17, 15) is 8.42 Å². The SMILES string of the molecule is Cc1ccnc(NC(=S)NCc2ccc(S(=O)(=O)N(C)C)cc2)n1. The van der Waals surface area contributed by atoms with Gasteiger partial charge in [0.1, 0.15) is 0 Å². The van der Waals surface area contributed by atoms with Crippen molar-refractivity contribution in [3.8, 4) is 0 Å². The Kier molecular flexibility index (Phi) is 5.81. The maximum atomic E-state index is 12.0. The van der Waals surface area contributed by atoms with E-state index in [0.717, 1.165) is 11.3 Å². The summed E-state index contributed by atoms with van der Waals surface area (Å²) in [5.41, 5.74) is 1.75. The van der Waals surface area contributed by atoms with Crippen molar-refractivity contribution < 1.29 is 8.42 Å². The molecule has 2 rings (SSSR count). The van der Waals surface area contributed by atoms with Crippen molar-refractivity contribution in [2.24, 2.45) is 0 Å². The quantitative estimate of drug-likeness (QED) is 0.777. The molecular weight excluding hydrogens is 346 g/mol. The fraction of sp³-hybridized carbons (Fsp3) is 0.267. The summed E-state index contributed by atoms with van der Waals surface area (Å²) in [4.78, 5) is 8.53. The van der Waals surface area contributed by atoms with Gasteiger partial charge in [-0.3, -0.25) is 0 Å². The first-order valence-electron chi connectivity index (χ1n) is 7.15. The van der Waals surface area contributed by atoms with Crippen molar-refractivity contribution in [2.75, 3.05) is 19.4 Å². The van der Waals surface area contributed by atoms with Gasteiger partial charge in [0, 0.05) is 32.5 Å². The Morgan fingerprint density at radius 3 is 2.46 bits per heavy atom. The molecule has 0 aliphatic carbocycles. The van der Waals surface area contributed by atoms with Crippen LogP contribution < -0.4 is 10.6 Å². The maximum absolute atomic E-state index is 12.0. The van der Waals surface area contributed by atoms with Gasteiger partial charge in [0.2, 0.25) is 16.0 Å². The second-order valence-corrected chi connectivity index (χ2v) is 7.82. The molecule has 0 saturated heterocycles. The molecule has 0 aliphatic heterocycles. The normalized spacial score (nSPS) is 11.3. The first kappa shape index (κ1) is 18.2. The number of hydrogen-bond donors (Lipinski definition) is 2. The third-order valence-corrected chi connectivity index (χ3v) is 5.25. The lowest BCUT2D eigenvalue weighted by molar-refractivity contribution is 0.520. The van der Waals surface area contributed by atoms with Crippen LogP contribution in [0, 0.1) is 6.92 Å². The third-order valence-electron chi connectivity index (χ3n) is 3.18. The van der Waals surface area contributed by atoms with Crippen LogP contribution in [0.25, 0.3) is 0 Å². The summed E-state index contributed by atoms with van der Waals surface area (Å²) in [6.07, 6.45) is 1.65. The lowest BCUT2D eigenvalue weighted by Gasteiger charge is -2.12. The molecule has 0 radical (unpaired) electrons. The summed E-state index contributed by atoms with van der Waals surface area (Å²) < 4.78 is 25.2. The monoisotopic (exact) mass is 365 g/mol. The van der Waals surface area contributed by atoms with Crippen molar-refractivity contribution in [3.05, 3.63) is 47.8 Å². The molecule has 2 aromatic rings. The Morgan fingerprint density at radius 1 is 1.21 bits per heavy atom. The van der Waals surface area contributed by atoms with Crippen LogP contribution in [-0.2, 0) is 16.6 Å². The molecule has 0 saturated carbocycles. The molecule has 9 heteroatoms. The Labute approximate surface area is 147 Å². The lowest BCUT2D eigenvalue weighted by Crippen LogP contribution is -2.28. The van der Waals surface area contributed by atoms with Crippen molar-refractivity contribution in [1.82, 2.24) is 19.6 Å². The molecule has 2 N–H and O–H groups in total. The van der Waals surface area contributed by atoms with Crippen LogP contribution in [0.4, 0.5) is 5.95 Å². The fourth-order valence-corrected chi connectivity index (χ4v) is 2.89. The number of hydrogen-bond acceptors (Lipinski definition) is 5. The highest BCUT2D eigenvalue weighted by Gasteiger charge is 2.16. The topological polar surface area (TPSA) is 87.2 Å². The largest absolute Gasteiger partial charge is 0.358 e. The van der Waals surface area contributed by atoms with Gasteiger partial charge in [-0.2, -0.15) is 0 Å². The van der Waals surface area contributed by atoms with E-state index in [0.29, 0.717) is 17.6 Å². The van der Waals surface area contributed by atoms with E-state index >= 15 is 0 Å². The molecule has 7 nitrogen and oxygen atoms in total. The standard InChI is InChI=1S/C15H19N5O2S2/c1-11-8-9-16-14(18-11)19-15(23)17-10-12-4-6-13(7-5-12)24(21,22)20(2)3/h4-9H,10H2,1-3H3,(H2,16,17,18,19,23). The molecule has 128 valence electrons. The summed E-state index contributed by atoms with van der Waals surface area (Å²) in [5.74, 6) is 0.430. The predicted octanol–water partition coefficient (Wildman–Crippen LogP) is 1.52. The highest BCUT2D eigenvalue weighted by molar-refractivity contribution is 7.89. The van der Waals surface area contributed by atoms with Gasteiger partial charge in [0.05, 0.1) is 4.90 Å². The number of thiocarbonyl (C=S) groups is 1. The first-order valence-corrected chi connectivity index (χ1v) is 9.00. The van der Waals surface area contributed by atoms with E-state index in [1.807, 2.05) is 6.92 Å². The maximum Gasteiger partial charge on any atom is 0.242 e. The molecule has 1 aromatic heterocycles. The Bertz CT molecular complexity index is 820. The minimum atomic E-state index is -3.41. The molecule has 0 bridgehead atoms. The van der Waals surface area contributed by atoms with Crippen LogP contribution in [0.3, 0.4) is 0 Å². The number of aromatic nitrogens is 2. The number of nitrogens with zero attached hydrogens (tertiary/aromatic N) is 3. The van der Waals surface area contributed by atoms with Crippen LogP contribution in [0.2, 0.25) is 0 Å². The zero-order valence-electron chi connectivity index (χ0n) is 13.6. The number of sulfonamides is 1. The number of nitrogens with one attached hydrogen (secondary N) is 2. The summed E-state index contributed by atoms with van der Waals surface area (Å²) >= 11 is 5.19. The van der Waals surface area contributed by atoms with E-state index < -0.39 is 10.0 Å². The smallest absolute Gasteiger partial charge is 0.242 e. The Morgan fingerprint density at radius 2 is 1.88 bits per heavy atom. The van der Waals surface area contributed by atoms with Crippen LogP contribution in [0.1, 0.15) is 11.3 Å². The highest BCUT2D eigenvalue weighted by Crippen LogP contribution is 2.13. The van der Waals surface area contributed by atoms with Crippen molar-refractivity contribution in [1.29, 1.82) is 0 Å². The number of rotatable bonds is 5. The molecule has 0 amide bonds. The fourth-order valence-electron chi connectivity index (χ4n) is 1.83. The summed E-state index contributed by atoms with van der Waals surface area (Å²) in [6, 6.07) is 8.44. The van der Waals surface area contributed by atoms with E-state index in [1.165, 1.54) is 18.4 Å². The number of benzene rings is 1. The van der Waals surface area contributed by atoms with Gasteiger partial charge in [-0.25, -0.2) is 22.7 Å². The number of anilines is 1. The van der Waals surface area contributed by atoms with Gasteiger partial charge in [0.15, 0.2) is 5.11 Å². The van der Waals surface area contributed by atoms with Gasteiger partial charge in [-0.1, -0.05) is 12.1 Å². The first-order chi connectivity index (χ1) is 11.3. The van der Waals surface area contributed by atoms with Crippen LogP contribution in [0.15, 0.2) is 41.4 Å². The second kappa shape index (κ2) is 7.65. The van der Waals surface area contributed by atoms with E-state index in [1.54, 1.807) is 36.5 Å². The molecule has 0 spiro atoms. The van der Waals surface area contributed by atoms with Crippen LogP contribution in [-0.4, -0.2) is 41.9 Å². The summed E-state index contributed by atoms with van der Waals surface area (Å²) in [5, 5.41) is 6.32. The molecule has 1 heterocycles. The zero-order chi connectivity index (χ0) is 17.7. The van der Waals surface area contributed by atoms with E-state index in [2.05, 4.69) is 20.6 Å². The molecule has 1 aromatic carbocycles. The lowest BCUT2D eigenvalue weighted by atomic mass is 10.2. The van der Waals surface area contributed by atoms with E-state index in [4.69, 9.17) is 12.2 Å². The number of aryl methyl sites for hydroxylation is 1. The minimum absolute atomic E-state index is 0.255. The van der Waals surface area contributed by atoms with Crippen LogP contribution >= 0.6 is 12.2 Å². The van der Waals surface area contributed by atoms with Crippen molar-refractivity contribution in [2.45, 2.75) is 18.4 Å².